The van der Waals surface area contributed by atoms with Gasteiger partial charge < -0.3 is 8.83 Å². The van der Waals surface area contributed by atoms with Crippen LogP contribution < -0.4 is 0 Å². The molecule has 7 aromatic rings. The summed E-state index contributed by atoms with van der Waals surface area (Å²) in [6.07, 6.45) is 6.88. The number of rotatable bonds is 3. The zero-order chi connectivity index (χ0) is 25.2. The molecule has 0 atom stereocenters. The average Bonchev–Trinajstić information content (AvgIpc) is 3.70. The molecule has 3 aromatic heterocycles. The Hall–Kier alpha value is -4.37. The second-order valence-electron chi connectivity index (χ2n) is 10.6. The fraction of sp³-hybridized carbons (Fsp3) is 0.171. The lowest BCUT2D eigenvalue weighted by atomic mass is 9.83. The summed E-state index contributed by atoms with van der Waals surface area (Å²) in [6.45, 7) is 2.17. The van der Waals surface area contributed by atoms with E-state index in [1.54, 1.807) is 0 Å². The van der Waals surface area contributed by atoms with Crippen LogP contribution in [-0.2, 0) is 0 Å². The van der Waals surface area contributed by atoms with Crippen molar-refractivity contribution in [2.24, 2.45) is 0 Å². The number of fused-ring (bicyclic) bond motifs is 7. The molecular formula is C35H27NO2. The van der Waals surface area contributed by atoms with Crippen LogP contribution in [0.2, 0.25) is 0 Å². The van der Waals surface area contributed by atoms with Crippen molar-refractivity contribution >= 4 is 43.9 Å². The van der Waals surface area contributed by atoms with E-state index < -0.39 is 0 Å². The normalized spacial score (nSPS) is 14.4. The SMILES string of the molecule is Cc1cnc(-c2ccccc2)cc1-c1c(C2CCCC2)c2oc3ccccc3c2c2oc3ccccc3c12. The van der Waals surface area contributed by atoms with Crippen LogP contribution in [0.15, 0.2) is 100.0 Å². The van der Waals surface area contributed by atoms with Gasteiger partial charge in [0, 0.05) is 39.0 Å². The molecule has 0 radical (unpaired) electrons. The minimum absolute atomic E-state index is 0.443. The molecule has 38 heavy (non-hydrogen) atoms. The number of benzene rings is 4. The average molecular weight is 494 g/mol. The van der Waals surface area contributed by atoms with E-state index in [2.05, 4.69) is 85.8 Å². The summed E-state index contributed by atoms with van der Waals surface area (Å²) in [7, 11) is 0. The molecule has 1 aliphatic rings. The maximum Gasteiger partial charge on any atom is 0.147 e. The first-order valence-corrected chi connectivity index (χ1v) is 13.6. The molecule has 8 rings (SSSR count). The van der Waals surface area contributed by atoms with Crippen LogP contribution in [0.5, 0.6) is 0 Å². The fourth-order valence-electron chi connectivity index (χ4n) is 6.62. The second kappa shape index (κ2) is 8.32. The van der Waals surface area contributed by atoms with Gasteiger partial charge in [0.25, 0.3) is 0 Å². The highest BCUT2D eigenvalue weighted by Gasteiger charge is 2.31. The summed E-state index contributed by atoms with van der Waals surface area (Å²) < 4.78 is 13.4. The van der Waals surface area contributed by atoms with Crippen LogP contribution >= 0.6 is 0 Å². The molecule has 0 aliphatic heterocycles. The lowest BCUT2D eigenvalue weighted by Crippen LogP contribution is -2.00. The highest BCUT2D eigenvalue weighted by Crippen LogP contribution is 2.52. The first kappa shape index (κ1) is 21.7. The van der Waals surface area contributed by atoms with E-state index in [1.165, 1.54) is 47.8 Å². The number of aromatic nitrogens is 1. The third kappa shape index (κ3) is 3.11. The van der Waals surface area contributed by atoms with Gasteiger partial charge in [0.1, 0.15) is 22.3 Å². The molecule has 1 saturated carbocycles. The van der Waals surface area contributed by atoms with E-state index in [9.17, 15) is 0 Å². The minimum atomic E-state index is 0.443. The summed E-state index contributed by atoms with van der Waals surface area (Å²) in [4.78, 5) is 4.84. The van der Waals surface area contributed by atoms with Crippen molar-refractivity contribution in [2.45, 2.75) is 38.5 Å². The number of furan rings is 2. The van der Waals surface area contributed by atoms with Crippen LogP contribution in [0.3, 0.4) is 0 Å². The van der Waals surface area contributed by atoms with E-state index in [0.717, 1.165) is 55.3 Å². The molecule has 0 spiro atoms. The van der Waals surface area contributed by atoms with Crippen LogP contribution in [0.25, 0.3) is 66.3 Å². The number of hydrogen-bond acceptors (Lipinski definition) is 3. The molecule has 3 nitrogen and oxygen atoms in total. The van der Waals surface area contributed by atoms with E-state index in [4.69, 9.17) is 13.8 Å². The molecule has 184 valence electrons. The summed E-state index contributed by atoms with van der Waals surface area (Å²) in [5.74, 6) is 0.443. The highest BCUT2D eigenvalue weighted by molar-refractivity contribution is 6.27. The molecule has 0 bridgehead atoms. The van der Waals surface area contributed by atoms with Crippen LogP contribution in [0.4, 0.5) is 0 Å². The number of nitrogens with zero attached hydrogens (tertiary/aromatic N) is 1. The van der Waals surface area contributed by atoms with Gasteiger partial charge in [-0.1, -0.05) is 79.6 Å². The smallest absolute Gasteiger partial charge is 0.147 e. The maximum atomic E-state index is 6.74. The van der Waals surface area contributed by atoms with Crippen molar-refractivity contribution in [3.05, 3.63) is 102 Å². The maximum absolute atomic E-state index is 6.74. The molecule has 0 amide bonds. The predicted molar refractivity (Wildman–Crippen MR) is 156 cm³/mol. The van der Waals surface area contributed by atoms with Crippen LogP contribution in [-0.4, -0.2) is 4.98 Å². The van der Waals surface area contributed by atoms with Gasteiger partial charge in [0.05, 0.1) is 11.1 Å². The van der Waals surface area contributed by atoms with E-state index >= 15 is 0 Å². The van der Waals surface area contributed by atoms with Gasteiger partial charge in [-0.2, -0.15) is 0 Å². The largest absolute Gasteiger partial charge is 0.456 e. The van der Waals surface area contributed by atoms with Gasteiger partial charge in [-0.15, -0.1) is 0 Å². The molecular weight excluding hydrogens is 466 g/mol. The van der Waals surface area contributed by atoms with Gasteiger partial charge in [0.2, 0.25) is 0 Å². The topological polar surface area (TPSA) is 39.2 Å². The lowest BCUT2D eigenvalue weighted by molar-refractivity contribution is 0.641. The highest BCUT2D eigenvalue weighted by atomic mass is 16.3. The minimum Gasteiger partial charge on any atom is -0.456 e. The fourth-order valence-corrected chi connectivity index (χ4v) is 6.62. The molecule has 1 fully saturated rings. The van der Waals surface area contributed by atoms with Crippen molar-refractivity contribution in [1.29, 1.82) is 0 Å². The first-order valence-electron chi connectivity index (χ1n) is 13.6. The van der Waals surface area contributed by atoms with E-state index in [-0.39, 0.29) is 0 Å². The molecule has 3 heteroatoms. The lowest BCUT2D eigenvalue weighted by Gasteiger charge is -2.20. The molecule has 0 unspecified atom stereocenters. The van der Waals surface area contributed by atoms with Crippen molar-refractivity contribution in [3.63, 3.8) is 0 Å². The Morgan fingerprint density at radius 1 is 0.711 bits per heavy atom. The summed E-state index contributed by atoms with van der Waals surface area (Å²) in [5, 5.41) is 4.57. The van der Waals surface area contributed by atoms with E-state index in [1.807, 2.05) is 12.3 Å². The van der Waals surface area contributed by atoms with Gasteiger partial charge >= 0.3 is 0 Å². The van der Waals surface area contributed by atoms with Gasteiger partial charge in [0.15, 0.2) is 0 Å². The number of pyridine rings is 1. The molecule has 1 aliphatic carbocycles. The second-order valence-corrected chi connectivity index (χ2v) is 10.6. The Balaban J connectivity index is 1.59. The monoisotopic (exact) mass is 493 g/mol. The summed E-state index contributed by atoms with van der Waals surface area (Å²) in [5.41, 5.74) is 10.8. The summed E-state index contributed by atoms with van der Waals surface area (Å²) in [6, 6.07) is 29.6. The van der Waals surface area contributed by atoms with Gasteiger partial charge in [-0.05, 0) is 55.0 Å². The van der Waals surface area contributed by atoms with Gasteiger partial charge in [-0.3, -0.25) is 4.98 Å². The molecule has 3 heterocycles. The van der Waals surface area contributed by atoms with Crippen molar-refractivity contribution in [3.8, 4) is 22.4 Å². The van der Waals surface area contributed by atoms with Crippen molar-refractivity contribution in [1.82, 2.24) is 4.98 Å². The van der Waals surface area contributed by atoms with Crippen LogP contribution in [0.1, 0.15) is 42.7 Å². The quantitative estimate of drug-likeness (QED) is 0.246. The zero-order valence-electron chi connectivity index (χ0n) is 21.3. The molecule has 4 aromatic carbocycles. The number of para-hydroxylation sites is 2. The van der Waals surface area contributed by atoms with Crippen molar-refractivity contribution < 1.29 is 8.83 Å². The van der Waals surface area contributed by atoms with E-state index in [0.29, 0.717) is 5.92 Å². The third-order valence-corrected chi connectivity index (χ3v) is 8.39. The van der Waals surface area contributed by atoms with Crippen molar-refractivity contribution in [2.75, 3.05) is 0 Å². The summed E-state index contributed by atoms with van der Waals surface area (Å²) >= 11 is 0. The predicted octanol–water partition coefficient (Wildman–Crippen LogP) is 10.2. The Morgan fingerprint density at radius 3 is 2.08 bits per heavy atom. The van der Waals surface area contributed by atoms with Crippen LogP contribution in [0, 0.1) is 6.92 Å². The Labute approximate surface area is 220 Å². The Morgan fingerprint density at radius 2 is 1.34 bits per heavy atom. The Kier molecular flexibility index (Phi) is 4.75. The molecule has 0 N–H and O–H groups in total. The number of aryl methyl sites for hydroxylation is 1. The van der Waals surface area contributed by atoms with Gasteiger partial charge in [-0.25, -0.2) is 0 Å². The first-order chi connectivity index (χ1) is 18.8. The zero-order valence-corrected chi connectivity index (χ0v) is 21.3. The molecule has 0 saturated heterocycles. The number of hydrogen-bond donors (Lipinski definition) is 0. The Bertz CT molecular complexity index is 1990. The third-order valence-electron chi connectivity index (χ3n) is 8.39. The standard InChI is InChI=1S/C35H27NO2/c1-21-20-36-27(22-11-3-2-4-12-22)19-26(21)31-30(23-13-5-6-14-23)34-33(25-16-8-10-18-29(25)37-34)35-32(31)24-15-7-9-17-28(24)38-35/h2-4,7-12,15-20,23H,5-6,13-14H2,1H3.